The number of hydrogen-bond acceptors (Lipinski definition) is 5. The highest BCUT2D eigenvalue weighted by Gasteiger charge is 2.14. The summed E-state index contributed by atoms with van der Waals surface area (Å²) in [6, 6.07) is 7.20. The summed E-state index contributed by atoms with van der Waals surface area (Å²) in [4.78, 5) is 0. The molecule has 1 aromatic carbocycles. The molecule has 0 amide bonds. The first kappa shape index (κ1) is 10.6. The van der Waals surface area contributed by atoms with Crippen LogP contribution in [-0.2, 0) is 0 Å². The van der Waals surface area contributed by atoms with Crippen LogP contribution >= 0.6 is 23.4 Å². The van der Waals surface area contributed by atoms with E-state index in [2.05, 4.69) is 10.5 Å². The molecule has 0 fully saturated rings. The highest BCUT2D eigenvalue weighted by atomic mass is 35.5. The highest BCUT2D eigenvalue weighted by molar-refractivity contribution is 8.14. The number of nitrogens with two attached hydrogens (primary N) is 1. The van der Waals surface area contributed by atoms with Crippen molar-refractivity contribution in [3.63, 3.8) is 0 Å². The molecule has 0 saturated carbocycles. The molecule has 0 aromatic heterocycles. The molecule has 1 unspecified atom stereocenters. The lowest BCUT2D eigenvalue weighted by molar-refractivity contribution is 0.378. The van der Waals surface area contributed by atoms with Crippen LogP contribution in [0, 0.1) is 0 Å². The molecule has 15 heavy (non-hydrogen) atoms. The third kappa shape index (κ3) is 3.02. The van der Waals surface area contributed by atoms with Gasteiger partial charge in [-0.05, 0) is 24.3 Å². The standard InChI is InChI=1S/C9H10ClN3OS/c10-6-1-3-7(4-2-6)14-5-8-12-13-9(11)15-8/h1-4,9,13H,5,11H2. The van der Waals surface area contributed by atoms with Gasteiger partial charge in [0.2, 0.25) is 0 Å². The van der Waals surface area contributed by atoms with Crippen molar-refractivity contribution in [3.05, 3.63) is 29.3 Å². The van der Waals surface area contributed by atoms with Gasteiger partial charge in [-0.1, -0.05) is 23.4 Å². The Morgan fingerprint density at radius 3 is 2.80 bits per heavy atom. The maximum atomic E-state index is 5.75. The molecular formula is C9H10ClN3OS. The van der Waals surface area contributed by atoms with Crippen LogP contribution in [0.1, 0.15) is 0 Å². The number of hydrazone groups is 1. The van der Waals surface area contributed by atoms with Crippen LogP contribution in [0.2, 0.25) is 5.02 Å². The first-order valence-corrected chi connectivity index (χ1v) is 5.62. The molecule has 1 atom stereocenters. The molecule has 1 aromatic rings. The Balaban J connectivity index is 1.86. The molecule has 1 heterocycles. The maximum absolute atomic E-state index is 5.75. The monoisotopic (exact) mass is 243 g/mol. The average molecular weight is 244 g/mol. The molecule has 80 valence electrons. The zero-order chi connectivity index (χ0) is 10.7. The summed E-state index contributed by atoms with van der Waals surface area (Å²) in [6.07, 6.45) is 0. The van der Waals surface area contributed by atoms with Crippen LogP contribution in [0.15, 0.2) is 29.4 Å². The predicted octanol–water partition coefficient (Wildman–Crippen LogP) is 1.61. The Bertz CT molecular complexity index is 368. The molecule has 1 aliphatic rings. The number of halogens is 1. The first-order chi connectivity index (χ1) is 7.24. The summed E-state index contributed by atoms with van der Waals surface area (Å²) in [6.45, 7) is 0.424. The van der Waals surface area contributed by atoms with E-state index < -0.39 is 0 Å². The molecular weight excluding hydrogens is 234 g/mol. The van der Waals surface area contributed by atoms with Crippen molar-refractivity contribution >= 4 is 28.4 Å². The van der Waals surface area contributed by atoms with Gasteiger partial charge in [-0.3, -0.25) is 5.43 Å². The van der Waals surface area contributed by atoms with E-state index in [-0.39, 0.29) is 5.50 Å². The van der Waals surface area contributed by atoms with Crippen LogP contribution < -0.4 is 15.9 Å². The molecule has 6 heteroatoms. The molecule has 0 spiro atoms. The van der Waals surface area contributed by atoms with Crippen LogP contribution in [0.25, 0.3) is 0 Å². The predicted molar refractivity (Wildman–Crippen MR) is 63.1 cm³/mol. The van der Waals surface area contributed by atoms with E-state index in [9.17, 15) is 0 Å². The quantitative estimate of drug-likeness (QED) is 0.847. The normalized spacial score (nSPS) is 19.6. The van der Waals surface area contributed by atoms with Gasteiger partial charge in [0.15, 0.2) is 0 Å². The van der Waals surface area contributed by atoms with E-state index in [1.807, 2.05) is 12.1 Å². The van der Waals surface area contributed by atoms with Gasteiger partial charge in [0, 0.05) is 5.02 Å². The Morgan fingerprint density at radius 2 is 2.20 bits per heavy atom. The summed E-state index contributed by atoms with van der Waals surface area (Å²) in [7, 11) is 0. The van der Waals surface area contributed by atoms with E-state index in [4.69, 9.17) is 22.1 Å². The van der Waals surface area contributed by atoms with Crippen LogP contribution in [-0.4, -0.2) is 17.1 Å². The summed E-state index contributed by atoms with van der Waals surface area (Å²) < 4.78 is 5.49. The van der Waals surface area contributed by atoms with Crippen molar-refractivity contribution in [3.8, 4) is 5.75 Å². The molecule has 4 nitrogen and oxygen atoms in total. The smallest absolute Gasteiger partial charge is 0.144 e. The molecule has 3 N–H and O–H groups in total. The second-order valence-corrected chi connectivity index (χ2v) is 4.57. The first-order valence-electron chi connectivity index (χ1n) is 4.37. The topological polar surface area (TPSA) is 59.6 Å². The molecule has 0 radical (unpaired) electrons. The molecule has 0 bridgehead atoms. The number of benzene rings is 1. The summed E-state index contributed by atoms with van der Waals surface area (Å²) in [5.41, 5.74) is 8.16. The van der Waals surface area contributed by atoms with Gasteiger partial charge in [-0.2, -0.15) is 5.10 Å². The highest BCUT2D eigenvalue weighted by Crippen LogP contribution is 2.18. The number of hydrogen-bond donors (Lipinski definition) is 2. The van der Waals surface area contributed by atoms with Crippen LogP contribution in [0.3, 0.4) is 0 Å². The zero-order valence-corrected chi connectivity index (χ0v) is 9.39. The Labute approximate surface area is 96.8 Å². The van der Waals surface area contributed by atoms with E-state index in [1.54, 1.807) is 12.1 Å². The van der Waals surface area contributed by atoms with Crippen molar-refractivity contribution < 1.29 is 4.74 Å². The molecule has 0 saturated heterocycles. The lowest BCUT2D eigenvalue weighted by Crippen LogP contribution is -2.25. The fraction of sp³-hybridized carbons (Fsp3) is 0.222. The van der Waals surface area contributed by atoms with Gasteiger partial charge >= 0.3 is 0 Å². The van der Waals surface area contributed by atoms with Crippen LogP contribution in [0.4, 0.5) is 0 Å². The number of nitrogens with zero attached hydrogens (tertiary/aromatic N) is 1. The second-order valence-electron chi connectivity index (χ2n) is 2.92. The van der Waals surface area contributed by atoms with E-state index in [0.717, 1.165) is 10.8 Å². The minimum absolute atomic E-state index is 0.159. The second kappa shape index (κ2) is 4.74. The molecule has 0 aliphatic carbocycles. The number of rotatable bonds is 3. The fourth-order valence-electron chi connectivity index (χ4n) is 1.08. The molecule has 2 rings (SSSR count). The lowest BCUT2D eigenvalue weighted by atomic mass is 10.3. The number of ether oxygens (including phenoxy) is 1. The van der Waals surface area contributed by atoms with Crippen molar-refractivity contribution in [2.75, 3.05) is 6.61 Å². The van der Waals surface area contributed by atoms with Crippen molar-refractivity contribution in [2.24, 2.45) is 10.8 Å². The fourth-order valence-corrected chi connectivity index (χ4v) is 1.83. The average Bonchev–Trinajstić information content (AvgIpc) is 2.64. The third-order valence-electron chi connectivity index (χ3n) is 1.76. The van der Waals surface area contributed by atoms with Crippen molar-refractivity contribution in [1.29, 1.82) is 0 Å². The van der Waals surface area contributed by atoms with Gasteiger partial charge in [-0.25, -0.2) is 0 Å². The third-order valence-corrected chi connectivity index (χ3v) is 2.85. The van der Waals surface area contributed by atoms with Crippen molar-refractivity contribution in [1.82, 2.24) is 5.43 Å². The molecule has 1 aliphatic heterocycles. The number of thioether (sulfide) groups is 1. The number of nitrogens with one attached hydrogen (secondary N) is 1. The van der Waals surface area contributed by atoms with Gasteiger partial charge < -0.3 is 10.5 Å². The summed E-state index contributed by atoms with van der Waals surface area (Å²) in [5, 5.41) is 5.54. The van der Waals surface area contributed by atoms with E-state index >= 15 is 0 Å². The van der Waals surface area contributed by atoms with Gasteiger partial charge in [0.25, 0.3) is 0 Å². The Hall–Kier alpha value is -0.910. The van der Waals surface area contributed by atoms with E-state index in [1.165, 1.54) is 11.8 Å². The zero-order valence-electron chi connectivity index (χ0n) is 7.81. The summed E-state index contributed by atoms with van der Waals surface area (Å²) in [5.74, 6) is 0.767. The minimum atomic E-state index is -0.159. The largest absolute Gasteiger partial charge is 0.487 e. The lowest BCUT2D eigenvalue weighted by Gasteiger charge is -2.04. The SMILES string of the molecule is NC1NN=C(COc2ccc(Cl)cc2)S1. The Kier molecular flexibility index (Phi) is 3.35. The minimum Gasteiger partial charge on any atom is -0.487 e. The maximum Gasteiger partial charge on any atom is 0.144 e. The van der Waals surface area contributed by atoms with Crippen molar-refractivity contribution in [2.45, 2.75) is 5.50 Å². The van der Waals surface area contributed by atoms with Crippen LogP contribution in [0.5, 0.6) is 5.75 Å². The van der Waals surface area contributed by atoms with E-state index in [0.29, 0.717) is 11.6 Å². The van der Waals surface area contributed by atoms with Gasteiger partial charge in [-0.15, -0.1) is 0 Å². The summed E-state index contributed by atoms with van der Waals surface area (Å²) >= 11 is 7.20. The van der Waals surface area contributed by atoms with Gasteiger partial charge in [0.05, 0.1) is 0 Å². The Morgan fingerprint density at radius 1 is 1.47 bits per heavy atom. The van der Waals surface area contributed by atoms with Gasteiger partial charge in [0.1, 0.15) is 22.9 Å².